The van der Waals surface area contributed by atoms with Crippen molar-refractivity contribution in [3.05, 3.63) is 75.5 Å². The van der Waals surface area contributed by atoms with Crippen LogP contribution in [0.4, 0.5) is 14.5 Å². The van der Waals surface area contributed by atoms with Crippen LogP contribution in [0.2, 0.25) is 10.0 Å². The zero-order valence-corrected chi connectivity index (χ0v) is 32.8. The molecule has 2 aliphatic carbocycles. The summed E-state index contributed by atoms with van der Waals surface area (Å²) in [6, 6.07) is 9.00. The summed E-state index contributed by atoms with van der Waals surface area (Å²) in [7, 11) is -1.62. The van der Waals surface area contributed by atoms with Crippen molar-refractivity contribution in [1.29, 1.82) is 0 Å². The fourth-order valence-corrected chi connectivity index (χ4v) is 7.74. The lowest BCUT2D eigenvalue weighted by molar-refractivity contribution is -0.377. The van der Waals surface area contributed by atoms with Gasteiger partial charge in [0.15, 0.2) is 23.9 Å². The SMILES string of the molecule is CN1CCN(CCCN(c2ccc(C(=O)O[C@@H](Cc3c(Cl)c[nH+]cc3Cl)c3ccc(OC(F)F)c(OCC4CC4)c3)cc2OCC2CC2)S(C)(=O)=O)CC1. The van der Waals surface area contributed by atoms with Crippen LogP contribution in [-0.2, 0) is 21.2 Å². The van der Waals surface area contributed by atoms with Crippen molar-refractivity contribution in [1.82, 2.24) is 9.80 Å². The van der Waals surface area contributed by atoms with Crippen molar-refractivity contribution in [3.63, 3.8) is 0 Å². The molecule has 0 radical (unpaired) electrons. The molecule has 16 heteroatoms. The molecule has 0 bridgehead atoms. The predicted molar refractivity (Wildman–Crippen MR) is 202 cm³/mol. The average molecular weight is 813 g/mol. The Balaban J connectivity index is 1.28. The van der Waals surface area contributed by atoms with Crippen LogP contribution < -0.4 is 23.5 Å². The third kappa shape index (κ3) is 11.3. The van der Waals surface area contributed by atoms with Crippen LogP contribution in [0, 0.1) is 11.8 Å². The molecule has 1 saturated heterocycles. The molecule has 2 heterocycles. The molecule has 1 aromatic heterocycles. The molecular weight excluding hydrogens is 765 g/mol. The summed E-state index contributed by atoms with van der Waals surface area (Å²) in [4.78, 5) is 21.5. The number of nitrogens with zero attached hydrogens (tertiary/aromatic N) is 3. The van der Waals surface area contributed by atoms with E-state index in [-0.39, 0.29) is 35.8 Å². The first-order valence-corrected chi connectivity index (χ1v) is 20.9. The van der Waals surface area contributed by atoms with Gasteiger partial charge in [0, 0.05) is 44.7 Å². The number of likely N-dealkylation sites (N-methyl/N-ethyl adjacent to an activating group) is 1. The third-order valence-electron chi connectivity index (χ3n) is 9.83. The van der Waals surface area contributed by atoms with E-state index in [9.17, 15) is 22.0 Å². The average Bonchev–Trinajstić information content (AvgIpc) is 4.06. The van der Waals surface area contributed by atoms with Gasteiger partial charge in [0.05, 0.1) is 30.7 Å². The Morgan fingerprint density at radius 3 is 2.19 bits per heavy atom. The van der Waals surface area contributed by atoms with Gasteiger partial charge in [-0.2, -0.15) is 8.78 Å². The maximum atomic E-state index is 14.0. The number of esters is 1. The lowest BCUT2D eigenvalue weighted by Gasteiger charge is -2.33. The Hall–Kier alpha value is -3.43. The lowest BCUT2D eigenvalue weighted by atomic mass is 10.0. The summed E-state index contributed by atoms with van der Waals surface area (Å²) in [6.45, 7) is 2.40. The van der Waals surface area contributed by atoms with Gasteiger partial charge in [-0.25, -0.2) is 18.2 Å². The Kier molecular flexibility index (Phi) is 13.4. The number of aromatic nitrogens is 1. The van der Waals surface area contributed by atoms with Crippen LogP contribution in [0.1, 0.15) is 59.7 Å². The molecule has 54 heavy (non-hydrogen) atoms. The Labute approximate surface area is 325 Å². The van der Waals surface area contributed by atoms with Gasteiger partial charge in [0.1, 0.15) is 21.9 Å². The van der Waals surface area contributed by atoms with Gasteiger partial charge in [-0.3, -0.25) is 4.31 Å². The van der Waals surface area contributed by atoms with E-state index in [4.69, 9.17) is 42.1 Å². The standard InChI is InChI=1S/C38H46Cl2F2N4O7S/c1-44-14-16-45(17-15-44)12-3-13-46(54(2,48)49)32-10-8-28(19-35(32)50-23-25-4-5-25)37(47)52-34(20-29-30(39)21-43-22-31(29)40)27-9-11-33(53-38(41)42)36(18-27)51-24-26-6-7-26/h8-11,18-19,21-22,25-26,34,38H,3-7,12-17,20,23-24H2,1-2H3/p+1/t34-/m0/s1. The molecular formula is C38H47Cl2F2N4O7S+. The highest BCUT2D eigenvalue weighted by Crippen LogP contribution is 2.39. The summed E-state index contributed by atoms with van der Waals surface area (Å²) in [5.74, 6) is 0.158. The number of carbonyl (C=O) groups is 1. The van der Waals surface area contributed by atoms with Crippen molar-refractivity contribution in [2.75, 3.05) is 70.1 Å². The zero-order chi connectivity index (χ0) is 38.4. The van der Waals surface area contributed by atoms with Crippen molar-refractivity contribution in [3.8, 4) is 17.2 Å². The number of pyridine rings is 1. The molecule has 6 rings (SSSR count). The van der Waals surface area contributed by atoms with Crippen molar-refractivity contribution >= 4 is 44.9 Å². The zero-order valence-electron chi connectivity index (χ0n) is 30.4. The van der Waals surface area contributed by atoms with Crippen molar-refractivity contribution < 1.29 is 45.9 Å². The van der Waals surface area contributed by atoms with E-state index in [0.29, 0.717) is 58.3 Å². The van der Waals surface area contributed by atoms with Crippen LogP contribution in [0.3, 0.4) is 0 Å². The van der Waals surface area contributed by atoms with Gasteiger partial charge < -0.3 is 28.7 Å². The van der Waals surface area contributed by atoms with Crippen LogP contribution in [-0.4, -0.2) is 96.6 Å². The summed E-state index contributed by atoms with van der Waals surface area (Å²) in [6.07, 6.45) is 7.89. The van der Waals surface area contributed by atoms with Gasteiger partial charge in [-0.05, 0) is 93.4 Å². The molecule has 0 amide bonds. The number of halogens is 4. The number of alkyl halides is 2. The summed E-state index contributed by atoms with van der Waals surface area (Å²) < 4.78 is 77.3. The molecule has 294 valence electrons. The summed E-state index contributed by atoms with van der Waals surface area (Å²) in [5.41, 5.74) is 1.39. The molecule has 1 atom stereocenters. The molecule has 0 unspecified atom stereocenters. The van der Waals surface area contributed by atoms with Gasteiger partial charge in [-0.1, -0.05) is 29.3 Å². The maximum absolute atomic E-state index is 14.0. The number of hydrogen-bond acceptors (Lipinski definition) is 9. The van der Waals surface area contributed by atoms with E-state index in [1.165, 1.54) is 34.6 Å². The quantitative estimate of drug-likeness (QED) is 0.125. The molecule has 3 aromatic rings. The number of piperazine rings is 1. The minimum absolute atomic E-state index is 0.0352. The number of carbonyl (C=O) groups excluding carboxylic acids is 1. The second kappa shape index (κ2) is 18.0. The number of rotatable bonds is 19. The van der Waals surface area contributed by atoms with Crippen LogP contribution in [0.25, 0.3) is 0 Å². The number of sulfonamides is 1. The smallest absolute Gasteiger partial charge is 0.387 e. The van der Waals surface area contributed by atoms with Crippen molar-refractivity contribution in [2.45, 2.75) is 51.2 Å². The minimum atomic E-state index is -3.71. The molecule has 0 spiro atoms. The highest BCUT2D eigenvalue weighted by molar-refractivity contribution is 7.92. The monoisotopic (exact) mass is 811 g/mol. The van der Waals surface area contributed by atoms with Crippen LogP contribution in [0.15, 0.2) is 48.8 Å². The first kappa shape index (κ1) is 40.2. The second-order valence-electron chi connectivity index (χ2n) is 14.3. The molecule has 1 aliphatic heterocycles. The molecule has 2 saturated carbocycles. The highest BCUT2D eigenvalue weighted by Gasteiger charge is 2.29. The fraction of sp³-hybridized carbons (Fsp3) is 0.526. The summed E-state index contributed by atoms with van der Waals surface area (Å²) >= 11 is 13.0. The van der Waals surface area contributed by atoms with Crippen LogP contribution in [0.5, 0.6) is 17.2 Å². The van der Waals surface area contributed by atoms with Crippen molar-refractivity contribution in [2.24, 2.45) is 11.8 Å². The first-order chi connectivity index (χ1) is 25.8. The van der Waals surface area contributed by atoms with Gasteiger partial charge in [0.25, 0.3) is 0 Å². The van der Waals surface area contributed by atoms with Crippen LogP contribution >= 0.6 is 23.2 Å². The number of anilines is 1. The molecule has 2 aromatic carbocycles. The maximum Gasteiger partial charge on any atom is 0.387 e. The molecule has 1 N–H and O–H groups in total. The van der Waals surface area contributed by atoms with E-state index in [1.54, 1.807) is 18.5 Å². The Morgan fingerprint density at radius 2 is 1.57 bits per heavy atom. The van der Waals surface area contributed by atoms with E-state index >= 15 is 0 Å². The normalized spacial score (nSPS) is 17.3. The number of ether oxygens (including phenoxy) is 4. The molecule has 11 nitrogen and oxygen atoms in total. The lowest BCUT2D eigenvalue weighted by Crippen LogP contribution is -2.45. The van der Waals surface area contributed by atoms with E-state index < -0.39 is 28.7 Å². The number of benzene rings is 2. The number of aromatic amines is 1. The van der Waals surface area contributed by atoms with E-state index in [0.717, 1.165) is 64.7 Å². The highest BCUT2D eigenvalue weighted by atomic mass is 35.5. The topological polar surface area (TPSA) is 112 Å². The molecule has 3 fully saturated rings. The third-order valence-corrected chi connectivity index (χ3v) is 11.7. The predicted octanol–water partition coefficient (Wildman–Crippen LogP) is 6.53. The van der Waals surface area contributed by atoms with Gasteiger partial charge in [0.2, 0.25) is 10.0 Å². The molecule has 3 aliphatic rings. The van der Waals surface area contributed by atoms with Gasteiger partial charge >= 0.3 is 12.6 Å². The number of nitrogens with one attached hydrogen (secondary N) is 1. The fourth-order valence-electron chi connectivity index (χ4n) is 6.23. The Bertz CT molecular complexity index is 1860. The second-order valence-corrected chi connectivity index (χ2v) is 17.1. The number of hydrogen-bond donors (Lipinski definition) is 0. The largest absolute Gasteiger partial charge is 0.491 e. The summed E-state index contributed by atoms with van der Waals surface area (Å²) in [5, 5.41) is 0.611. The van der Waals surface area contributed by atoms with Gasteiger partial charge in [-0.15, -0.1) is 0 Å². The van der Waals surface area contributed by atoms with E-state index in [1.807, 2.05) is 0 Å². The Morgan fingerprint density at radius 1 is 0.926 bits per heavy atom. The minimum Gasteiger partial charge on any atom is -0.491 e. The first-order valence-electron chi connectivity index (χ1n) is 18.3. The van der Waals surface area contributed by atoms with E-state index in [2.05, 4.69) is 21.8 Å². The number of H-pyrrole nitrogens is 1.